The summed E-state index contributed by atoms with van der Waals surface area (Å²) in [6.45, 7) is 1.32. The quantitative estimate of drug-likeness (QED) is 0.467. The lowest BCUT2D eigenvalue weighted by Crippen LogP contribution is -2.50. The maximum absolute atomic E-state index is 12.4. The Balaban J connectivity index is 2.63. The number of carbonyl (C=O) groups is 2. The standard InChI is InChI=1S/C11H15F3N2O3/c1-2-19-10(18)8(15)9(17)16-5-3-7(4-6-16)11(12,13)14/h3,8H,2,4-6,15H2,1H3. The Kier molecular flexibility index (Phi) is 4.93. The van der Waals surface area contributed by atoms with Gasteiger partial charge in [0.25, 0.3) is 5.91 Å². The molecule has 1 atom stereocenters. The van der Waals surface area contributed by atoms with Crippen molar-refractivity contribution in [2.24, 2.45) is 5.73 Å². The molecular weight excluding hydrogens is 265 g/mol. The van der Waals surface area contributed by atoms with Crippen LogP contribution < -0.4 is 5.73 Å². The Morgan fingerprint density at radius 1 is 1.53 bits per heavy atom. The maximum Gasteiger partial charge on any atom is 0.412 e. The van der Waals surface area contributed by atoms with Gasteiger partial charge in [0, 0.05) is 18.7 Å². The molecule has 1 heterocycles. The predicted octanol–water partition coefficient (Wildman–Crippen LogP) is 0.598. The minimum Gasteiger partial charge on any atom is -0.464 e. The Labute approximate surface area is 108 Å². The van der Waals surface area contributed by atoms with Crippen molar-refractivity contribution in [1.29, 1.82) is 0 Å². The number of carbonyl (C=O) groups excluding carboxylic acids is 2. The van der Waals surface area contributed by atoms with E-state index in [4.69, 9.17) is 5.73 Å². The van der Waals surface area contributed by atoms with Crippen molar-refractivity contribution in [2.75, 3.05) is 19.7 Å². The number of ether oxygens (including phenoxy) is 1. The zero-order chi connectivity index (χ0) is 14.6. The average molecular weight is 280 g/mol. The van der Waals surface area contributed by atoms with Gasteiger partial charge in [-0.1, -0.05) is 6.08 Å². The molecule has 1 amide bonds. The SMILES string of the molecule is CCOC(=O)C(N)C(=O)N1CC=C(C(F)(F)F)CC1. The number of esters is 1. The van der Waals surface area contributed by atoms with E-state index in [1.807, 2.05) is 0 Å². The Morgan fingerprint density at radius 2 is 2.16 bits per heavy atom. The highest BCUT2D eigenvalue weighted by Gasteiger charge is 2.37. The molecule has 0 aromatic rings. The Hall–Kier alpha value is -1.57. The number of rotatable bonds is 3. The molecule has 0 bridgehead atoms. The summed E-state index contributed by atoms with van der Waals surface area (Å²) in [6.07, 6.45) is -3.75. The lowest BCUT2D eigenvalue weighted by Gasteiger charge is -2.28. The van der Waals surface area contributed by atoms with E-state index in [1.54, 1.807) is 6.92 Å². The highest BCUT2D eigenvalue weighted by Crippen LogP contribution is 2.30. The van der Waals surface area contributed by atoms with E-state index >= 15 is 0 Å². The van der Waals surface area contributed by atoms with Gasteiger partial charge in [-0.15, -0.1) is 0 Å². The smallest absolute Gasteiger partial charge is 0.412 e. The highest BCUT2D eigenvalue weighted by atomic mass is 19.4. The van der Waals surface area contributed by atoms with E-state index in [0.717, 1.165) is 11.0 Å². The number of halogens is 3. The number of amides is 1. The zero-order valence-electron chi connectivity index (χ0n) is 10.4. The van der Waals surface area contributed by atoms with Crippen molar-refractivity contribution in [1.82, 2.24) is 4.90 Å². The van der Waals surface area contributed by atoms with Gasteiger partial charge in [-0.3, -0.25) is 4.79 Å². The minimum absolute atomic E-state index is 0.0813. The van der Waals surface area contributed by atoms with E-state index in [9.17, 15) is 22.8 Å². The fourth-order valence-corrected chi connectivity index (χ4v) is 1.66. The molecule has 108 valence electrons. The van der Waals surface area contributed by atoms with Gasteiger partial charge in [0.1, 0.15) is 0 Å². The second-order valence-electron chi connectivity index (χ2n) is 3.99. The first-order valence-corrected chi connectivity index (χ1v) is 5.74. The van der Waals surface area contributed by atoms with Crippen molar-refractivity contribution < 1.29 is 27.5 Å². The van der Waals surface area contributed by atoms with Gasteiger partial charge >= 0.3 is 12.1 Å². The molecule has 8 heteroatoms. The number of alkyl halides is 3. The van der Waals surface area contributed by atoms with E-state index in [2.05, 4.69) is 4.74 Å². The van der Waals surface area contributed by atoms with Crippen molar-refractivity contribution in [2.45, 2.75) is 25.6 Å². The fraction of sp³-hybridized carbons (Fsp3) is 0.636. The Bertz CT molecular complexity index is 393. The van der Waals surface area contributed by atoms with Crippen LogP contribution in [0.25, 0.3) is 0 Å². The van der Waals surface area contributed by atoms with E-state index in [1.165, 1.54) is 0 Å². The molecule has 0 aromatic carbocycles. The third-order valence-electron chi connectivity index (χ3n) is 2.69. The largest absolute Gasteiger partial charge is 0.464 e. The molecule has 1 aliphatic rings. The van der Waals surface area contributed by atoms with E-state index in [-0.39, 0.29) is 26.1 Å². The van der Waals surface area contributed by atoms with Gasteiger partial charge in [-0.25, -0.2) is 4.79 Å². The fourth-order valence-electron chi connectivity index (χ4n) is 1.66. The van der Waals surface area contributed by atoms with Crippen LogP contribution in [0, 0.1) is 0 Å². The van der Waals surface area contributed by atoms with Crippen LogP contribution in [0.1, 0.15) is 13.3 Å². The summed E-state index contributed by atoms with van der Waals surface area (Å²) in [5, 5.41) is 0. The van der Waals surface area contributed by atoms with Gasteiger partial charge in [-0.2, -0.15) is 13.2 Å². The third-order valence-corrected chi connectivity index (χ3v) is 2.69. The topological polar surface area (TPSA) is 72.6 Å². The molecule has 1 unspecified atom stereocenters. The van der Waals surface area contributed by atoms with Gasteiger partial charge < -0.3 is 15.4 Å². The summed E-state index contributed by atoms with van der Waals surface area (Å²) in [7, 11) is 0. The lowest BCUT2D eigenvalue weighted by atomic mass is 10.1. The molecule has 19 heavy (non-hydrogen) atoms. The first-order valence-electron chi connectivity index (χ1n) is 5.74. The molecule has 0 spiro atoms. The molecule has 2 N–H and O–H groups in total. The normalized spacial score (nSPS) is 17.7. The molecule has 0 saturated carbocycles. The molecule has 5 nitrogen and oxygen atoms in total. The van der Waals surface area contributed by atoms with Crippen LogP contribution in [0.2, 0.25) is 0 Å². The molecule has 0 saturated heterocycles. The van der Waals surface area contributed by atoms with Gasteiger partial charge in [0.15, 0.2) is 6.04 Å². The summed E-state index contributed by atoms with van der Waals surface area (Å²) in [5.74, 6) is -1.60. The second kappa shape index (κ2) is 6.05. The van der Waals surface area contributed by atoms with Crippen molar-refractivity contribution in [3.8, 4) is 0 Å². The van der Waals surface area contributed by atoms with Crippen LogP contribution in [-0.2, 0) is 14.3 Å². The first-order chi connectivity index (χ1) is 8.77. The van der Waals surface area contributed by atoms with Crippen LogP contribution in [-0.4, -0.2) is 48.7 Å². The van der Waals surface area contributed by atoms with Gasteiger partial charge in [-0.05, 0) is 13.3 Å². The van der Waals surface area contributed by atoms with Crippen LogP contribution in [0.4, 0.5) is 13.2 Å². The summed E-state index contributed by atoms with van der Waals surface area (Å²) < 4.78 is 41.7. The highest BCUT2D eigenvalue weighted by molar-refractivity contribution is 6.01. The lowest BCUT2D eigenvalue weighted by molar-refractivity contribution is -0.151. The van der Waals surface area contributed by atoms with Crippen LogP contribution in [0.3, 0.4) is 0 Å². The van der Waals surface area contributed by atoms with Gasteiger partial charge in [0.2, 0.25) is 0 Å². The summed E-state index contributed by atoms with van der Waals surface area (Å²) in [6, 6.07) is -1.49. The molecule has 0 aliphatic carbocycles. The second-order valence-corrected chi connectivity index (χ2v) is 3.99. The number of hydrogen-bond donors (Lipinski definition) is 1. The summed E-state index contributed by atoms with van der Waals surface area (Å²) in [4.78, 5) is 24.1. The Morgan fingerprint density at radius 3 is 2.58 bits per heavy atom. The average Bonchev–Trinajstić information content (AvgIpc) is 2.36. The van der Waals surface area contributed by atoms with Crippen molar-refractivity contribution in [3.05, 3.63) is 11.6 Å². The van der Waals surface area contributed by atoms with E-state index < -0.39 is 29.7 Å². The number of nitrogens with two attached hydrogens (primary N) is 1. The van der Waals surface area contributed by atoms with Gasteiger partial charge in [0.05, 0.1) is 6.61 Å². The molecule has 0 fully saturated rings. The van der Waals surface area contributed by atoms with Crippen LogP contribution in [0.15, 0.2) is 11.6 Å². The zero-order valence-corrected chi connectivity index (χ0v) is 10.4. The first kappa shape index (κ1) is 15.5. The van der Waals surface area contributed by atoms with Crippen molar-refractivity contribution in [3.63, 3.8) is 0 Å². The van der Waals surface area contributed by atoms with E-state index in [0.29, 0.717) is 0 Å². The molecule has 0 aromatic heterocycles. The van der Waals surface area contributed by atoms with Crippen molar-refractivity contribution >= 4 is 11.9 Å². The summed E-state index contributed by atoms with van der Waals surface area (Å²) >= 11 is 0. The third kappa shape index (κ3) is 3.95. The predicted molar refractivity (Wildman–Crippen MR) is 59.9 cm³/mol. The maximum atomic E-state index is 12.4. The molecule has 0 radical (unpaired) electrons. The molecular formula is C11H15F3N2O3. The number of nitrogens with zero attached hydrogens (tertiary/aromatic N) is 1. The summed E-state index contributed by atoms with van der Waals surface area (Å²) in [5.41, 5.74) is 4.72. The van der Waals surface area contributed by atoms with Crippen LogP contribution >= 0.6 is 0 Å². The number of hydrogen-bond acceptors (Lipinski definition) is 4. The monoisotopic (exact) mass is 280 g/mol. The minimum atomic E-state index is -4.38. The van der Waals surface area contributed by atoms with Crippen LogP contribution in [0.5, 0.6) is 0 Å². The molecule has 1 aliphatic heterocycles. The molecule has 1 rings (SSSR count).